The van der Waals surface area contributed by atoms with Crippen LogP contribution in [0.25, 0.3) is 22.6 Å². The van der Waals surface area contributed by atoms with Gasteiger partial charge in [0.25, 0.3) is 0 Å². The van der Waals surface area contributed by atoms with Crippen molar-refractivity contribution < 1.29 is 14.6 Å². The van der Waals surface area contributed by atoms with Crippen LogP contribution in [0, 0.1) is 6.92 Å². The second-order valence-electron chi connectivity index (χ2n) is 5.30. The molecule has 1 heterocycles. The predicted octanol–water partition coefficient (Wildman–Crippen LogP) is 3.84. The second kappa shape index (κ2) is 6.58. The molecule has 3 aromatic rings. The Morgan fingerprint density at radius 3 is 2.38 bits per heavy atom. The molecule has 0 bridgehead atoms. The Balaban J connectivity index is 2.15. The summed E-state index contributed by atoms with van der Waals surface area (Å²) in [5, 5.41) is 10.1. The summed E-state index contributed by atoms with van der Waals surface area (Å²) in [6.45, 7) is 1.89. The highest BCUT2D eigenvalue weighted by Crippen LogP contribution is 2.34. The fraction of sp³-hybridized carbons (Fsp3) is 0.158. The van der Waals surface area contributed by atoms with Crippen LogP contribution in [-0.2, 0) is 0 Å². The summed E-state index contributed by atoms with van der Waals surface area (Å²) < 4.78 is 10.7. The van der Waals surface area contributed by atoms with E-state index in [1.54, 1.807) is 32.4 Å². The molecule has 24 heavy (non-hydrogen) atoms. The average molecular weight is 322 g/mol. The first-order chi connectivity index (χ1) is 11.6. The number of phenols is 1. The number of aromatic hydroxyl groups is 1. The summed E-state index contributed by atoms with van der Waals surface area (Å²) in [6.07, 6.45) is 0. The van der Waals surface area contributed by atoms with Gasteiger partial charge in [0.05, 0.1) is 25.5 Å². The van der Waals surface area contributed by atoms with E-state index < -0.39 is 0 Å². The summed E-state index contributed by atoms with van der Waals surface area (Å²) in [5.74, 6) is 2.00. The van der Waals surface area contributed by atoms with Crippen LogP contribution in [0.5, 0.6) is 17.2 Å². The van der Waals surface area contributed by atoms with E-state index >= 15 is 0 Å². The van der Waals surface area contributed by atoms with Crippen LogP contribution in [0.15, 0.2) is 48.5 Å². The van der Waals surface area contributed by atoms with Crippen LogP contribution in [0.3, 0.4) is 0 Å². The standard InChI is InChI=1S/C19H18N2O3/c1-12-10-16(14-9-8-13(23-2)11-18(14)24-3)21-19(20-12)15-6-4-5-7-17(15)22/h4-11,22H,1-3H3. The number of nitrogens with zero attached hydrogens (tertiary/aromatic N) is 2. The summed E-state index contributed by atoms with van der Waals surface area (Å²) in [7, 11) is 3.22. The molecule has 2 aromatic carbocycles. The molecule has 122 valence electrons. The number of aromatic nitrogens is 2. The number of hydrogen-bond donors (Lipinski definition) is 1. The number of hydrogen-bond acceptors (Lipinski definition) is 5. The van der Waals surface area contributed by atoms with E-state index in [-0.39, 0.29) is 5.75 Å². The Kier molecular flexibility index (Phi) is 4.33. The summed E-state index contributed by atoms with van der Waals surface area (Å²) in [6, 6.07) is 14.5. The van der Waals surface area contributed by atoms with E-state index in [1.807, 2.05) is 37.3 Å². The number of benzene rings is 2. The summed E-state index contributed by atoms with van der Waals surface area (Å²) >= 11 is 0. The molecule has 0 fully saturated rings. The first kappa shape index (κ1) is 15.8. The van der Waals surface area contributed by atoms with Gasteiger partial charge in [-0.05, 0) is 37.3 Å². The predicted molar refractivity (Wildman–Crippen MR) is 92.4 cm³/mol. The molecule has 1 aromatic heterocycles. The monoisotopic (exact) mass is 322 g/mol. The highest BCUT2D eigenvalue weighted by atomic mass is 16.5. The van der Waals surface area contributed by atoms with E-state index in [9.17, 15) is 5.11 Å². The van der Waals surface area contributed by atoms with E-state index in [1.165, 1.54) is 0 Å². The first-order valence-electron chi connectivity index (χ1n) is 7.49. The Morgan fingerprint density at radius 2 is 1.67 bits per heavy atom. The largest absolute Gasteiger partial charge is 0.507 e. The Morgan fingerprint density at radius 1 is 0.875 bits per heavy atom. The van der Waals surface area contributed by atoms with Crippen molar-refractivity contribution in [3.63, 3.8) is 0 Å². The minimum Gasteiger partial charge on any atom is -0.507 e. The molecule has 0 saturated heterocycles. The highest BCUT2D eigenvalue weighted by molar-refractivity contribution is 5.72. The van der Waals surface area contributed by atoms with Gasteiger partial charge >= 0.3 is 0 Å². The maximum atomic E-state index is 10.1. The van der Waals surface area contributed by atoms with Gasteiger partial charge in [0.2, 0.25) is 0 Å². The molecule has 0 spiro atoms. The van der Waals surface area contributed by atoms with Crippen molar-refractivity contribution in [2.45, 2.75) is 6.92 Å². The highest BCUT2D eigenvalue weighted by Gasteiger charge is 2.13. The minimum atomic E-state index is 0.149. The fourth-order valence-electron chi connectivity index (χ4n) is 2.50. The SMILES string of the molecule is COc1ccc(-c2cc(C)nc(-c3ccccc3O)n2)c(OC)c1. The lowest BCUT2D eigenvalue weighted by atomic mass is 10.1. The van der Waals surface area contributed by atoms with Crippen LogP contribution in [0.2, 0.25) is 0 Å². The lowest BCUT2D eigenvalue weighted by Crippen LogP contribution is -1.97. The molecule has 5 nitrogen and oxygen atoms in total. The van der Waals surface area contributed by atoms with Crippen LogP contribution in [0.4, 0.5) is 0 Å². The van der Waals surface area contributed by atoms with Crippen LogP contribution < -0.4 is 9.47 Å². The number of aryl methyl sites for hydroxylation is 1. The molecule has 0 saturated carbocycles. The second-order valence-corrected chi connectivity index (χ2v) is 5.30. The molecule has 0 radical (unpaired) electrons. The van der Waals surface area contributed by atoms with Crippen molar-refractivity contribution in [2.24, 2.45) is 0 Å². The third-order valence-electron chi connectivity index (χ3n) is 3.68. The van der Waals surface area contributed by atoms with Crippen molar-refractivity contribution in [3.8, 4) is 39.9 Å². The third kappa shape index (κ3) is 3.01. The van der Waals surface area contributed by atoms with E-state index in [2.05, 4.69) is 9.97 Å². The Bertz CT molecular complexity index is 878. The zero-order valence-corrected chi connectivity index (χ0v) is 13.8. The first-order valence-corrected chi connectivity index (χ1v) is 7.49. The van der Waals surface area contributed by atoms with Crippen LogP contribution in [0.1, 0.15) is 5.69 Å². The number of methoxy groups -OCH3 is 2. The van der Waals surface area contributed by atoms with Gasteiger partial charge < -0.3 is 14.6 Å². The molecule has 0 amide bonds. The van der Waals surface area contributed by atoms with Crippen molar-refractivity contribution in [3.05, 3.63) is 54.2 Å². The maximum absolute atomic E-state index is 10.1. The molecule has 5 heteroatoms. The Hall–Kier alpha value is -3.08. The van der Waals surface area contributed by atoms with Crippen molar-refractivity contribution in [1.82, 2.24) is 9.97 Å². The summed E-state index contributed by atoms with van der Waals surface area (Å²) in [5.41, 5.74) is 2.95. The molecule has 0 atom stereocenters. The fourth-order valence-corrected chi connectivity index (χ4v) is 2.50. The normalized spacial score (nSPS) is 10.5. The summed E-state index contributed by atoms with van der Waals surface area (Å²) in [4.78, 5) is 9.05. The van der Waals surface area contributed by atoms with Gasteiger partial charge in [-0.1, -0.05) is 12.1 Å². The van der Waals surface area contributed by atoms with Gasteiger partial charge in [-0.25, -0.2) is 9.97 Å². The van der Waals surface area contributed by atoms with E-state index in [0.29, 0.717) is 22.9 Å². The maximum Gasteiger partial charge on any atom is 0.163 e. The quantitative estimate of drug-likeness (QED) is 0.790. The Labute approximate surface area is 140 Å². The molecule has 1 N–H and O–H groups in total. The number of phenolic OH excluding ortho intramolecular Hbond substituents is 1. The van der Waals surface area contributed by atoms with Gasteiger partial charge in [-0.15, -0.1) is 0 Å². The van der Waals surface area contributed by atoms with Gasteiger partial charge in [0, 0.05) is 17.3 Å². The van der Waals surface area contributed by atoms with Crippen molar-refractivity contribution >= 4 is 0 Å². The molecule has 3 rings (SSSR count). The van der Waals surface area contributed by atoms with E-state index in [4.69, 9.17) is 9.47 Å². The molecule has 0 aliphatic heterocycles. The van der Waals surface area contributed by atoms with Gasteiger partial charge in [0.15, 0.2) is 5.82 Å². The van der Waals surface area contributed by atoms with Gasteiger partial charge in [-0.2, -0.15) is 0 Å². The average Bonchev–Trinajstić information content (AvgIpc) is 2.61. The molecular weight excluding hydrogens is 304 g/mol. The molecule has 0 aliphatic rings. The minimum absolute atomic E-state index is 0.149. The molecule has 0 unspecified atom stereocenters. The van der Waals surface area contributed by atoms with Gasteiger partial charge in [0.1, 0.15) is 17.2 Å². The molecular formula is C19H18N2O3. The number of rotatable bonds is 4. The third-order valence-corrected chi connectivity index (χ3v) is 3.68. The van der Waals surface area contributed by atoms with Crippen molar-refractivity contribution in [2.75, 3.05) is 14.2 Å². The zero-order chi connectivity index (χ0) is 17.1. The molecule has 0 aliphatic carbocycles. The van der Waals surface area contributed by atoms with Gasteiger partial charge in [-0.3, -0.25) is 0 Å². The number of para-hydroxylation sites is 1. The topological polar surface area (TPSA) is 64.5 Å². The lowest BCUT2D eigenvalue weighted by Gasteiger charge is -2.12. The number of ether oxygens (including phenoxy) is 2. The lowest BCUT2D eigenvalue weighted by molar-refractivity contribution is 0.395. The zero-order valence-electron chi connectivity index (χ0n) is 13.8. The van der Waals surface area contributed by atoms with E-state index in [0.717, 1.165) is 17.0 Å². The van der Waals surface area contributed by atoms with Crippen molar-refractivity contribution in [1.29, 1.82) is 0 Å². The van der Waals surface area contributed by atoms with Crippen LogP contribution >= 0.6 is 0 Å². The smallest absolute Gasteiger partial charge is 0.163 e. The van der Waals surface area contributed by atoms with Crippen LogP contribution in [-0.4, -0.2) is 29.3 Å².